The first kappa shape index (κ1) is 14.8. The summed E-state index contributed by atoms with van der Waals surface area (Å²) in [6.45, 7) is 3.01. The summed E-state index contributed by atoms with van der Waals surface area (Å²) in [6, 6.07) is 6.31. The molecular weight excluding hydrogens is 261 g/mol. The van der Waals surface area contributed by atoms with Crippen LogP contribution in [-0.4, -0.2) is 17.8 Å². The van der Waals surface area contributed by atoms with Gasteiger partial charge in [-0.1, -0.05) is 0 Å². The summed E-state index contributed by atoms with van der Waals surface area (Å²) >= 11 is 0. The Bertz CT molecular complexity index is 501. The van der Waals surface area contributed by atoms with Gasteiger partial charge in [0.2, 0.25) is 0 Å². The van der Waals surface area contributed by atoms with Gasteiger partial charge in [0.25, 0.3) is 5.91 Å². The van der Waals surface area contributed by atoms with Gasteiger partial charge < -0.3 is 10.1 Å². The van der Waals surface area contributed by atoms with Crippen LogP contribution in [-0.2, 0) is 0 Å². The van der Waals surface area contributed by atoms with Gasteiger partial charge in [-0.2, -0.15) is 5.26 Å². The molecule has 1 rings (SSSR count). The number of nitriles is 1. The second-order valence-electron chi connectivity index (χ2n) is 4.26. The number of hydrogen-bond donors (Lipinski definition) is 1. The fraction of sp³-hybridized carbons (Fsp3) is 0.333. The molecule has 0 aliphatic rings. The highest BCUT2D eigenvalue weighted by Gasteiger charge is 2.31. The molecule has 0 aliphatic carbocycles. The second kappa shape index (κ2) is 5.18. The number of halogens is 3. The van der Waals surface area contributed by atoms with E-state index in [2.05, 4.69) is 10.1 Å². The lowest BCUT2D eigenvalue weighted by Crippen LogP contribution is -2.42. The van der Waals surface area contributed by atoms with Crippen LogP contribution in [0, 0.1) is 11.3 Å². The van der Waals surface area contributed by atoms with E-state index in [1.165, 1.54) is 26.0 Å². The molecule has 0 saturated heterocycles. The number of nitrogens with zero attached hydrogens (tertiary/aromatic N) is 1. The van der Waals surface area contributed by atoms with Gasteiger partial charge in [0.1, 0.15) is 11.3 Å². The number of rotatable bonds is 3. The van der Waals surface area contributed by atoms with E-state index in [4.69, 9.17) is 5.26 Å². The Morgan fingerprint density at radius 2 is 1.79 bits per heavy atom. The van der Waals surface area contributed by atoms with E-state index >= 15 is 0 Å². The molecule has 4 nitrogen and oxygen atoms in total. The third-order valence-corrected chi connectivity index (χ3v) is 2.06. The molecule has 0 heterocycles. The predicted octanol–water partition coefficient (Wildman–Crippen LogP) is 2.62. The Hall–Kier alpha value is -2.23. The van der Waals surface area contributed by atoms with Gasteiger partial charge >= 0.3 is 6.36 Å². The van der Waals surface area contributed by atoms with E-state index in [9.17, 15) is 18.0 Å². The second-order valence-corrected chi connectivity index (χ2v) is 4.26. The van der Waals surface area contributed by atoms with Gasteiger partial charge in [-0.3, -0.25) is 4.79 Å². The SMILES string of the molecule is CC(C)(C#N)NC(=O)c1ccc(OC(F)(F)F)cc1. The number of alkyl halides is 3. The van der Waals surface area contributed by atoms with Crippen molar-refractivity contribution in [3.8, 4) is 11.8 Å². The Morgan fingerprint density at radius 1 is 1.26 bits per heavy atom. The molecule has 102 valence electrons. The van der Waals surface area contributed by atoms with Gasteiger partial charge in [0.05, 0.1) is 6.07 Å². The number of carbonyl (C=O) groups excluding carboxylic acids is 1. The van der Waals surface area contributed by atoms with Crippen molar-refractivity contribution in [2.75, 3.05) is 0 Å². The first-order valence-electron chi connectivity index (χ1n) is 5.22. The molecule has 1 amide bonds. The van der Waals surface area contributed by atoms with E-state index in [0.29, 0.717) is 0 Å². The summed E-state index contributed by atoms with van der Waals surface area (Å²) in [5, 5.41) is 11.2. The highest BCUT2D eigenvalue weighted by Crippen LogP contribution is 2.22. The molecule has 1 N–H and O–H groups in total. The van der Waals surface area contributed by atoms with Gasteiger partial charge in [-0.05, 0) is 38.1 Å². The molecule has 0 radical (unpaired) electrons. The Kier molecular flexibility index (Phi) is 4.04. The average Bonchev–Trinajstić information content (AvgIpc) is 2.27. The van der Waals surface area contributed by atoms with Crippen LogP contribution in [0.5, 0.6) is 5.75 Å². The molecule has 0 unspecified atom stereocenters. The van der Waals surface area contributed by atoms with Gasteiger partial charge in [-0.25, -0.2) is 0 Å². The lowest BCUT2D eigenvalue weighted by atomic mass is 10.1. The van der Waals surface area contributed by atoms with Crippen molar-refractivity contribution in [3.63, 3.8) is 0 Å². The van der Waals surface area contributed by atoms with Crippen LogP contribution in [0.25, 0.3) is 0 Å². The van der Waals surface area contributed by atoms with Crippen molar-refractivity contribution in [2.24, 2.45) is 0 Å². The standard InChI is InChI=1S/C12H11F3N2O2/c1-11(2,7-16)17-10(18)8-3-5-9(6-4-8)19-12(13,14)15/h3-6H,1-2H3,(H,17,18). The molecular formula is C12H11F3N2O2. The number of carbonyl (C=O) groups is 1. The molecule has 0 aliphatic heterocycles. The summed E-state index contributed by atoms with van der Waals surface area (Å²) in [5.41, 5.74) is -0.920. The predicted molar refractivity (Wildman–Crippen MR) is 60.3 cm³/mol. The van der Waals surface area contributed by atoms with Gasteiger partial charge in [0.15, 0.2) is 0 Å². The highest BCUT2D eigenvalue weighted by molar-refractivity contribution is 5.95. The maximum atomic E-state index is 11.9. The van der Waals surface area contributed by atoms with Crippen LogP contribution in [0.15, 0.2) is 24.3 Å². The number of ether oxygens (including phenoxy) is 1. The Balaban J connectivity index is 2.77. The topological polar surface area (TPSA) is 62.1 Å². The minimum absolute atomic E-state index is 0.137. The van der Waals surface area contributed by atoms with Gasteiger partial charge in [0, 0.05) is 5.56 Å². The zero-order chi connectivity index (χ0) is 14.7. The Morgan fingerprint density at radius 3 is 2.21 bits per heavy atom. The van der Waals surface area contributed by atoms with Crippen LogP contribution in [0.1, 0.15) is 24.2 Å². The number of hydrogen-bond acceptors (Lipinski definition) is 3. The molecule has 0 aromatic heterocycles. The summed E-state index contributed by atoms with van der Waals surface area (Å²) in [6.07, 6.45) is -4.77. The molecule has 1 aromatic rings. The molecule has 0 bridgehead atoms. The normalized spacial score (nSPS) is 11.6. The van der Waals surface area contributed by atoms with Crippen molar-refractivity contribution < 1.29 is 22.7 Å². The first-order chi connectivity index (χ1) is 8.63. The third kappa shape index (κ3) is 4.87. The fourth-order valence-corrected chi connectivity index (χ4v) is 1.19. The van der Waals surface area contributed by atoms with E-state index in [1.807, 2.05) is 6.07 Å². The molecule has 0 atom stereocenters. The fourth-order valence-electron chi connectivity index (χ4n) is 1.19. The molecule has 19 heavy (non-hydrogen) atoms. The number of amides is 1. The minimum Gasteiger partial charge on any atom is -0.406 e. The van der Waals surface area contributed by atoms with Crippen LogP contribution >= 0.6 is 0 Å². The van der Waals surface area contributed by atoms with E-state index < -0.39 is 23.6 Å². The van der Waals surface area contributed by atoms with E-state index in [-0.39, 0.29) is 5.56 Å². The minimum atomic E-state index is -4.77. The first-order valence-corrected chi connectivity index (χ1v) is 5.22. The summed E-state index contributed by atoms with van der Waals surface area (Å²) in [7, 11) is 0. The van der Waals surface area contributed by atoms with E-state index in [1.54, 1.807) is 0 Å². The third-order valence-electron chi connectivity index (χ3n) is 2.06. The highest BCUT2D eigenvalue weighted by atomic mass is 19.4. The summed E-state index contributed by atoms with van der Waals surface area (Å²) < 4.78 is 39.5. The molecule has 0 saturated carbocycles. The van der Waals surface area contributed by atoms with Crippen molar-refractivity contribution in [2.45, 2.75) is 25.7 Å². The quantitative estimate of drug-likeness (QED) is 0.920. The smallest absolute Gasteiger partial charge is 0.406 e. The van der Waals surface area contributed by atoms with Crippen LogP contribution in [0.2, 0.25) is 0 Å². The molecule has 1 aromatic carbocycles. The van der Waals surface area contributed by atoms with Crippen molar-refractivity contribution >= 4 is 5.91 Å². The van der Waals surface area contributed by atoms with Crippen LogP contribution in [0.4, 0.5) is 13.2 Å². The number of benzene rings is 1. The summed E-state index contributed by atoms with van der Waals surface area (Å²) in [4.78, 5) is 11.7. The van der Waals surface area contributed by atoms with Gasteiger partial charge in [-0.15, -0.1) is 13.2 Å². The lowest BCUT2D eigenvalue weighted by molar-refractivity contribution is -0.274. The molecule has 7 heteroatoms. The Labute approximate surface area is 107 Å². The number of nitrogens with one attached hydrogen (secondary N) is 1. The monoisotopic (exact) mass is 272 g/mol. The average molecular weight is 272 g/mol. The zero-order valence-corrected chi connectivity index (χ0v) is 10.2. The molecule has 0 fully saturated rings. The van der Waals surface area contributed by atoms with Crippen molar-refractivity contribution in [3.05, 3.63) is 29.8 Å². The summed E-state index contributed by atoms with van der Waals surface area (Å²) in [5.74, 6) is -0.964. The maximum Gasteiger partial charge on any atom is 0.573 e. The lowest BCUT2D eigenvalue weighted by Gasteiger charge is -2.17. The van der Waals surface area contributed by atoms with Crippen molar-refractivity contribution in [1.82, 2.24) is 5.32 Å². The zero-order valence-electron chi connectivity index (χ0n) is 10.2. The molecule has 0 spiro atoms. The van der Waals surface area contributed by atoms with Crippen LogP contribution in [0.3, 0.4) is 0 Å². The largest absolute Gasteiger partial charge is 0.573 e. The maximum absolute atomic E-state index is 11.9. The van der Waals surface area contributed by atoms with Crippen LogP contribution < -0.4 is 10.1 Å². The van der Waals surface area contributed by atoms with Crippen molar-refractivity contribution in [1.29, 1.82) is 5.26 Å². The van der Waals surface area contributed by atoms with E-state index in [0.717, 1.165) is 12.1 Å².